The van der Waals surface area contributed by atoms with Gasteiger partial charge in [0.2, 0.25) is 5.91 Å². The molecule has 3 aromatic carbocycles. The van der Waals surface area contributed by atoms with Crippen molar-refractivity contribution in [2.75, 3.05) is 23.6 Å². The van der Waals surface area contributed by atoms with Crippen LogP contribution in [0.5, 0.6) is 5.75 Å². The van der Waals surface area contributed by atoms with Gasteiger partial charge in [-0.3, -0.25) is 4.79 Å². The molecule has 0 unspecified atom stereocenters. The van der Waals surface area contributed by atoms with Crippen molar-refractivity contribution in [3.8, 4) is 16.9 Å². The summed E-state index contributed by atoms with van der Waals surface area (Å²) >= 11 is 11.8. The van der Waals surface area contributed by atoms with Crippen molar-refractivity contribution in [2.24, 2.45) is 0 Å². The average Bonchev–Trinajstić information content (AvgIpc) is 2.79. The topological polar surface area (TPSA) is 76.1 Å². The van der Waals surface area contributed by atoms with Crippen LogP contribution in [0.4, 0.5) is 17.2 Å². The van der Waals surface area contributed by atoms with E-state index in [1.165, 1.54) is 6.33 Å². The van der Waals surface area contributed by atoms with Gasteiger partial charge in [-0.2, -0.15) is 0 Å². The molecule has 1 heterocycles. The Bertz CT molecular complexity index is 1260. The van der Waals surface area contributed by atoms with E-state index >= 15 is 0 Å². The van der Waals surface area contributed by atoms with Crippen LogP contribution in [0.1, 0.15) is 0 Å². The molecule has 0 aliphatic carbocycles. The standard InChI is InChI=1S/C23H18Cl2N4O2/c1-31-21-8-6-17(11-19(21)25)29-23-18-10-15(5-7-20(18)26-13-27-23)14-3-2-4-16(9-14)28-22(30)12-24/h2-11,13H,12H2,1H3,(H,28,30)(H,26,27,29). The smallest absolute Gasteiger partial charge is 0.239 e. The summed E-state index contributed by atoms with van der Waals surface area (Å²) < 4.78 is 5.21. The predicted octanol–water partition coefficient (Wildman–Crippen LogP) is 5.88. The minimum atomic E-state index is -0.254. The Hall–Kier alpha value is -3.35. The number of hydrogen-bond donors (Lipinski definition) is 2. The lowest BCUT2D eigenvalue weighted by molar-refractivity contribution is -0.113. The van der Waals surface area contributed by atoms with Crippen LogP contribution in [-0.2, 0) is 4.79 Å². The van der Waals surface area contributed by atoms with Crippen LogP contribution in [0.2, 0.25) is 5.02 Å². The zero-order valence-electron chi connectivity index (χ0n) is 16.5. The Morgan fingerprint density at radius 3 is 2.61 bits per heavy atom. The molecule has 8 heteroatoms. The molecule has 6 nitrogen and oxygen atoms in total. The zero-order valence-corrected chi connectivity index (χ0v) is 18.0. The quantitative estimate of drug-likeness (QED) is 0.357. The number of halogens is 2. The first-order valence-corrected chi connectivity index (χ1v) is 10.3. The maximum absolute atomic E-state index is 11.6. The molecule has 0 aliphatic heterocycles. The van der Waals surface area contributed by atoms with Gasteiger partial charge in [-0.05, 0) is 53.6 Å². The van der Waals surface area contributed by atoms with E-state index in [1.807, 2.05) is 48.5 Å². The van der Waals surface area contributed by atoms with Gasteiger partial charge >= 0.3 is 0 Å². The van der Waals surface area contributed by atoms with Gasteiger partial charge in [0.25, 0.3) is 0 Å². The second kappa shape index (κ2) is 9.20. The van der Waals surface area contributed by atoms with Crippen LogP contribution < -0.4 is 15.4 Å². The van der Waals surface area contributed by atoms with E-state index in [0.29, 0.717) is 22.3 Å². The van der Waals surface area contributed by atoms with Crippen molar-refractivity contribution in [3.05, 3.63) is 72.0 Å². The predicted molar refractivity (Wildman–Crippen MR) is 126 cm³/mol. The number of aromatic nitrogens is 2. The van der Waals surface area contributed by atoms with Gasteiger partial charge in [-0.25, -0.2) is 9.97 Å². The molecule has 0 saturated heterocycles. The second-order valence-electron chi connectivity index (χ2n) is 6.69. The maximum Gasteiger partial charge on any atom is 0.239 e. The van der Waals surface area contributed by atoms with Crippen molar-refractivity contribution in [2.45, 2.75) is 0 Å². The van der Waals surface area contributed by atoms with Gasteiger partial charge in [0.05, 0.1) is 17.6 Å². The summed E-state index contributed by atoms with van der Waals surface area (Å²) in [5.41, 5.74) is 4.16. The van der Waals surface area contributed by atoms with Gasteiger partial charge in [0.1, 0.15) is 23.8 Å². The molecule has 0 saturated carbocycles. The molecule has 1 amide bonds. The fourth-order valence-electron chi connectivity index (χ4n) is 3.19. The molecule has 0 atom stereocenters. The average molecular weight is 453 g/mol. The van der Waals surface area contributed by atoms with Crippen LogP contribution in [0.25, 0.3) is 22.0 Å². The lowest BCUT2D eigenvalue weighted by Gasteiger charge is -2.12. The molecule has 0 bridgehead atoms. The number of alkyl halides is 1. The summed E-state index contributed by atoms with van der Waals surface area (Å²) in [6.45, 7) is 0. The highest BCUT2D eigenvalue weighted by Crippen LogP contribution is 2.32. The number of nitrogens with one attached hydrogen (secondary N) is 2. The lowest BCUT2D eigenvalue weighted by atomic mass is 10.0. The van der Waals surface area contributed by atoms with E-state index in [2.05, 4.69) is 20.6 Å². The third kappa shape index (κ3) is 4.71. The molecule has 4 rings (SSSR count). The molecule has 31 heavy (non-hydrogen) atoms. The molecule has 0 spiro atoms. The van der Waals surface area contributed by atoms with Crippen LogP contribution >= 0.6 is 23.2 Å². The summed E-state index contributed by atoms with van der Waals surface area (Å²) in [6, 6.07) is 18.9. The van der Waals surface area contributed by atoms with Crippen molar-refractivity contribution in [1.82, 2.24) is 9.97 Å². The van der Waals surface area contributed by atoms with Crippen molar-refractivity contribution in [1.29, 1.82) is 0 Å². The van der Waals surface area contributed by atoms with Gasteiger partial charge in [-0.1, -0.05) is 29.8 Å². The normalized spacial score (nSPS) is 10.7. The van der Waals surface area contributed by atoms with Crippen LogP contribution in [0.15, 0.2) is 67.0 Å². The molecule has 2 N–H and O–H groups in total. The maximum atomic E-state index is 11.6. The highest BCUT2D eigenvalue weighted by molar-refractivity contribution is 6.32. The number of benzene rings is 3. The number of carbonyl (C=O) groups is 1. The molecule has 0 radical (unpaired) electrons. The number of fused-ring (bicyclic) bond motifs is 1. The third-order valence-electron chi connectivity index (χ3n) is 4.65. The monoisotopic (exact) mass is 452 g/mol. The number of ether oxygens (including phenoxy) is 1. The van der Waals surface area contributed by atoms with E-state index in [4.69, 9.17) is 27.9 Å². The molecule has 0 aliphatic rings. The van der Waals surface area contributed by atoms with Gasteiger partial charge in [0, 0.05) is 16.8 Å². The highest BCUT2D eigenvalue weighted by Gasteiger charge is 2.09. The van der Waals surface area contributed by atoms with E-state index in [9.17, 15) is 4.79 Å². The number of amides is 1. The number of hydrogen-bond acceptors (Lipinski definition) is 5. The first-order chi connectivity index (χ1) is 15.1. The number of methoxy groups -OCH3 is 1. The highest BCUT2D eigenvalue weighted by atomic mass is 35.5. The molecule has 1 aromatic heterocycles. The number of nitrogens with zero attached hydrogens (tertiary/aromatic N) is 2. The number of rotatable bonds is 6. The molecule has 156 valence electrons. The molecule has 0 fully saturated rings. The largest absolute Gasteiger partial charge is 0.495 e. The second-order valence-corrected chi connectivity index (χ2v) is 7.37. The van der Waals surface area contributed by atoms with Gasteiger partial charge in [0.15, 0.2) is 0 Å². The van der Waals surface area contributed by atoms with Crippen LogP contribution in [-0.4, -0.2) is 28.9 Å². The summed E-state index contributed by atoms with van der Waals surface area (Å²) in [5.74, 6) is 0.903. The summed E-state index contributed by atoms with van der Waals surface area (Å²) in [4.78, 5) is 20.4. The first-order valence-electron chi connectivity index (χ1n) is 9.39. The van der Waals surface area contributed by atoms with Gasteiger partial charge in [-0.15, -0.1) is 11.6 Å². The molecule has 4 aromatic rings. The SMILES string of the molecule is COc1ccc(Nc2ncnc3ccc(-c4cccc(NC(=O)CCl)c4)cc23)cc1Cl. The minimum absolute atomic E-state index is 0.0953. The Morgan fingerprint density at radius 1 is 1.00 bits per heavy atom. The fraction of sp³-hybridized carbons (Fsp3) is 0.0870. The fourth-order valence-corrected chi connectivity index (χ4v) is 3.51. The van der Waals surface area contributed by atoms with E-state index in [-0.39, 0.29) is 11.8 Å². The Kier molecular flexibility index (Phi) is 6.21. The Morgan fingerprint density at radius 2 is 1.84 bits per heavy atom. The van der Waals surface area contributed by atoms with E-state index in [0.717, 1.165) is 27.7 Å². The molecular weight excluding hydrogens is 435 g/mol. The zero-order chi connectivity index (χ0) is 21.8. The lowest BCUT2D eigenvalue weighted by Crippen LogP contribution is -2.12. The van der Waals surface area contributed by atoms with E-state index in [1.54, 1.807) is 19.2 Å². The van der Waals surface area contributed by atoms with E-state index < -0.39 is 0 Å². The van der Waals surface area contributed by atoms with Crippen molar-refractivity contribution < 1.29 is 9.53 Å². The van der Waals surface area contributed by atoms with Gasteiger partial charge < -0.3 is 15.4 Å². The minimum Gasteiger partial charge on any atom is -0.495 e. The summed E-state index contributed by atoms with van der Waals surface area (Å²) in [6.07, 6.45) is 1.51. The summed E-state index contributed by atoms with van der Waals surface area (Å²) in [7, 11) is 1.57. The summed E-state index contributed by atoms with van der Waals surface area (Å²) in [5, 5.41) is 7.42. The molecular formula is C23H18Cl2N4O2. The van der Waals surface area contributed by atoms with Crippen LogP contribution in [0, 0.1) is 0 Å². The van der Waals surface area contributed by atoms with Crippen LogP contribution in [0.3, 0.4) is 0 Å². The Balaban J connectivity index is 1.70. The number of anilines is 3. The first kappa shape index (κ1) is 20.9. The van der Waals surface area contributed by atoms with Crippen molar-refractivity contribution in [3.63, 3.8) is 0 Å². The third-order valence-corrected chi connectivity index (χ3v) is 5.19. The Labute approximate surface area is 189 Å². The number of carbonyl (C=O) groups excluding carboxylic acids is 1. The van der Waals surface area contributed by atoms with Crippen molar-refractivity contribution >= 4 is 57.2 Å².